The van der Waals surface area contributed by atoms with E-state index in [1.807, 2.05) is 0 Å². The Bertz CT molecular complexity index is 461. The van der Waals surface area contributed by atoms with Gasteiger partial charge >= 0.3 is 0 Å². The van der Waals surface area contributed by atoms with E-state index in [0.29, 0.717) is 22.2 Å². The summed E-state index contributed by atoms with van der Waals surface area (Å²) in [4.78, 5) is 0. The maximum absolute atomic E-state index is 4.18. The van der Waals surface area contributed by atoms with Crippen LogP contribution in [0.4, 0.5) is 0 Å². The smallest absolute Gasteiger partial charge is 0.0184 e. The summed E-state index contributed by atoms with van der Waals surface area (Å²) in [6, 6.07) is 0. The van der Waals surface area contributed by atoms with Crippen LogP contribution >= 0.6 is 0 Å². The number of piperidine rings is 2. The van der Waals surface area contributed by atoms with Gasteiger partial charge in [0.25, 0.3) is 0 Å². The molecule has 0 amide bonds. The highest BCUT2D eigenvalue weighted by molar-refractivity contribution is 5.04. The van der Waals surface area contributed by atoms with E-state index in [0.717, 1.165) is 11.8 Å². The SMILES string of the molecule is CCC1(CC)CC(CCCCCCC2CC(CC)(CC)NC(CC)(CC)C2)CC(CC)(CC)N1. The van der Waals surface area contributed by atoms with E-state index in [9.17, 15) is 0 Å². The lowest BCUT2D eigenvalue weighted by molar-refractivity contribution is 0.0625. The van der Waals surface area contributed by atoms with E-state index in [4.69, 9.17) is 0 Å². The van der Waals surface area contributed by atoms with Crippen molar-refractivity contribution in [3.63, 3.8) is 0 Å². The number of nitrogens with one attached hydrogen (secondary N) is 2. The van der Waals surface area contributed by atoms with E-state index in [2.05, 4.69) is 66.0 Å². The van der Waals surface area contributed by atoms with Crippen molar-refractivity contribution in [1.29, 1.82) is 0 Å². The number of unbranched alkanes of at least 4 members (excludes halogenated alkanes) is 3. The summed E-state index contributed by atoms with van der Waals surface area (Å²) in [7, 11) is 0. The van der Waals surface area contributed by atoms with Gasteiger partial charge in [-0.3, -0.25) is 0 Å². The summed E-state index contributed by atoms with van der Waals surface area (Å²) in [6.07, 6.45) is 24.6. The molecule has 2 fully saturated rings. The zero-order chi connectivity index (χ0) is 25.3. The van der Waals surface area contributed by atoms with Crippen LogP contribution in [0, 0.1) is 11.8 Å². The van der Waals surface area contributed by atoms with Crippen LogP contribution in [0.3, 0.4) is 0 Å². The molecule has 2 heteroatoms. The maximum atomic E-state index is 4.18. The molecular weight excluding hydrogens is 412 g/mol. The van der Waals surface area contributed by atoms with Crippen LogP contribution in [-0.4, -0.2) is 22.2 Å². The number of hydrogen-bond acceptors (Lipinski definition) is 2. The fourth-order valence-electron chi connectivity index (χ4n) is 8.17. The van der Waals surface area contributed by atoms with Gasteiger partial charge in [0, 0.05) is 22.2 Å². The van der Waals surface area contributed by atoms with Gasteiger partial charge in [-0.25, -0.2) is 0 Å². The second kappa shape index (κ2) is 13.5. The molecule has 2 rings (SSSR count). The highest BCUT2D eigenvalue weighted by Crippen LogP contribution is 2.43. The van der Waals surface area contributed by atoms with Crippen LogP contribution in [0.1, 0.15) is 171 Å². The molecule has 0 saturated carbocycles. The van der Waals surface area contributed by atoms with E-state index in [-0.39, 0.29) is 0 Å². The lowest BCUT2D eigenvalue weighted by Crippen LogP contribution is -2.62. The zero-order valence-corrected chi connectivity index (χ0v) is 24.9. The van der Waals surface area contributed by atoms with Crippen molar-refractivity contribution in [2.75, 3.05) is 0 Å². The highest BCUT2D eigenvalue weighted by atomic mass is 15.1. The Labute approximate surface area is 215 Å². The van der Waals surface area contributed by atoms with Crippen LogP contribution < -0.4 is 10.6 Å². The molecule has 202 valence electrons. The summed E-state index contributed by atoms with van der Waals surface area (Å²) in [5, 5.41) is 8.37. The van der Waals surface area contributed by atoms with Crippen molar-refractivity contribution in [3.8, 4) is 0 Å². The molecule has 0 bridgehead atoms. The lowest BCUT2D eigenvalue weighted by atomic mass is 9.67. The minimum absolute atomic E-state index is 0.389. The molecule has 0 atom stereocenters. The molecule has 0 aliphatic carbocycles. The second-order valence-electron chi connectivity index (χ2n) is 12.7. The van der Waals surface area contributed by atoms with E-state index >= 15 is 0 Å². The molecule has 2 saturated heterocycles. The van der Waals surface area contributed by atoms with Crippen molar-refractivity contribution < 1.29 is 0 Å². The minimum Gasteiger partial charge on any atom is -0.306 e. The highest BCUT2D eigenvalue weighted by Gasteiger charge is 2.45. The molecular formula is C32H64N2. The van der Waals surface area contributed by atoms with Gasteiger partial charge in [0.1, 0.15) is 0 Å². The Morgan fingerprint density at radius 1 is 0.412 bits per heavy atom. The van der Waals surface area contributed by atoms with Gasteiger partial charge in [0.15, 0.2) is 0 Å². The molecule has 2 aliphatic rings. The molecule has 2 aliphatic heterocycles. The molecule has 0 radical (unpaired) electrons. The first-order valence-electron chi connectivity index (χ1n) is 15.8. The van der Waals surface area contributed by atoms with Crippen LogP contribution in [0.5, 0.6) is 0 Å². The van der Waals surface area contributed by atoms with Gasteiger partial charge in [-0.15, -0.1) is 0 Å². The summed E-state index contributed by atoms with van der Waals surface area (Å²) >= 11 is 0. The normalized spacial score (nSPS) is 24.4. The van der Waals surface area contributed by atoms with Gasteiger partial charge in [-0.1, -0.05) is 93.9 Å². The quantitative estimate of drug-likeness (QED) is 0.230. The van der Waals surface area contributed by atoms with Crippen molar-refractivity contribution in [1.82, 2.24) is 10.6 Å². The molecule has 0 aromatic heterocycles. The van der Waals surface area contributed by atoms with Crippen molar-refractivity contribution >= 4 is 0 Å². The Hall–Kier alpha value is -0.0800. The predicted molar refractivity (Wildman–Crippen MR) is 153 cm³/mol. The molecule has 0 unspecified atom stereocenters. The Morgan fingerprint density at radius 2 is 0.647 bits per heavy atom. The first-order valence-corrected chi connectivity index (χ1v) is 15.8. The Balaban J connectivity index is 1.82. The molecule has 2 nitrogen and oxygen atoms in total. The van der Waals surface area contributed by atoms with E-state index in [1.54, 1.807) is 0 Å². The first-order chi connectivity index (χ1) is 16.3. The Morgan fingerprint density at radius 3 is 0.853 bits per heavy atom. The van der Waals surface area contributed by atoms with Crippen molar-refractivity contribution in [3.05, 3.63) is 0 Å². The molecule has 2 heterocycles. The van der Waals surface area contributed by atoms with Gasteiger partial charge < -0.3 is 10.6 Å². The summed E-state index contributed by atoms with van der Waals surface area (Å²) < 4.78 is 0. The third-order valence-corrected chi connectivity index (χ3v) is 11.2. The topological polar surface area (TPSA) is 24.1 Å². The van der Waals surface area contributed by atoms with Crippen LogP contribution in [0.25, 0.3) is 0 Å². The summed E-state index contributed by atoms with van der Waals surface area (Å²) in [5.74, 6) is 1.85. The zero-order valence-electron chi connectivity index (χ0n) is 24.9. The molecule has 0 spiro atoms. The molecule has 2 N–H and O–H groups in total. The fourth-order valence-corrected chi connectivity index (χ4v) is 8.17. The molecule has 0 aromatic carbocycles. The van der Waals surface area contributed by atoms with Crippen LogP contribution in [0.2, 0.25) is 0 Å². The average molecular weight is 477 g/mol. The van der Waals surface area contributed by atoms with Gasteiger partial charge in [-0.05, 0) is 88.9 Å². The van der Waals surface area contributed by atoms with E-state index < -0.39 is 0 Å². The lowest BCUT2D eigenvalue weighted by Gasteiger charge is -2.52. The molecule has 34 heavy (non-hydrogen) atoms. The van der Waals surface area contributed by atoms with Crippen molar-refractivity contribution in [2.45, 2.75) is 193 Å². The standard InChI is InChI=1S/C32H64N2/c1-9-29(10-2)23-27(24-30(11-3,12-4)33-29)21-19-17-18-20-22-28-25-31(13-5,14-6)34-32(15-7,16-8)26-28/h27-28,33-34H,9-26H2,1-8H3. The number of rotatable bonds is 15. The monoisotopic (exact) mass is 477 g/mol. The second-order valence-corrected chi connectivity index (χ2v) is 12.7. The van der Waals surface area contributed by atoms with E-state index in [1.165, 1.54) is 116 Å². The van der Waals surface area contributed by atoms with Gasteiger partial charge in [0.2, 0.25) is 0 Å². The summed E-state index contributed by atoms with van der Waals surface area (Å²) in [5.41, 5.74) is 1.56. The minimum atomic E-state index is 0.389. The predicted octanol–water partition coefficient (Wildman–Crippen LogP) is 9.56. The van der Waals surface area contributed by atoms with Gasteiger partial charge in [0.05, 0.1) is 0 Å². The van der Waals surface area contributed by atoms with Crippen molar-refractivity contribution in [2.24, 2.45) is 11.8 Å². The third-order valence-electron chi connectivity index (χ3n) is 11.2. The van der Waals surface area contributed by atoms with Crippen LogP contribution in [-0.2, 0) is 0 Å². The summed E-state index contributed by atoms with van der Waals surface area (Å²) in [6.45, 7) is 19.3. The number of hydrogen-bond donors (Lipinski definition) is 2. The maximum Gasteiger partial charge on any atom is 0.0184 e. The van der Waals surface area contributed by atoms with Gasteiger partial charge in [-0.2, -0.15) is 0 Å². The Kier molecular flexibility index (Phi) is 11.9. The third kappa shape index (κ3) is 7.24. The average Bonchev–Trinajstić information content (AvgIpc) is 2.89. The fraction of sp³-hybridized carbons (Fsp3) is 1.00. The first kappa shape index (κ1) is 30.1. The largest absolute Gasteiger partial charge is 0.306 e. The molecule has 0 aromatic rings. The van der Waals surface area contributed by atoms with Crippen LogP contribution in [0.15, 0.2) is 0 Å².